The van der Waals surface area contributed by atoms with Crippen molar-refractivity contribution in [2.75, 3.05) is 12.4 Å². The number of benzene rings is 1. The second-order valence-corrected chi connectivity index (χ2v) is 6.70. The van der Waals surface area contributed by atoms with Crippen LogP contribution in [0.2, 0.25) is 0 Å². The van der Waals surface area contributed by atoms with Crippen molar-refractivity contribution in [1.82, 2.24) is 9.80 Å². The molecule has 0 saturated carbocycles. The number of carbonyl (C=O) groups is 2. The molecule has 2 atom stereocenters. The van der Waals surface area contributed by atoms with E-state index in [0.29, 0.717) is 12.1 Å². The number of nitrogens with one attached hydrogen (secondary N) is 1. The summed E-state index contributed by atoms with van der Waals surface area (Å²) in [6, 6.07) is 8.10. The average molecular weight is 315 g/mol. The zero-order valence-corrected chi connectivity index (χ0v) is 13.2. The third kappa shape index (κ3) is 2.57. The summed E-state index contributed by atoms with van der Waals surface area (Å²) in [5, 5.41) is 2.74. The quantitative estimate of drug-likeness (QED) is 0.865. The van der Waals surface area contributed by atoms with Gasteiger partial charge in [-0.1, -0.05) is 18.2 Å². The van der Waals surface area contributed by atoms with Crippen molar-refractivity contribution < 1.29 is 14.3 Å². The lowest BCUT2D eigenvalue weighted by molar-refractivity contribution is 0.0153. The van der Waals surface area contributed by atoms with Crippen LogP contribution in [-0.2, 0) is 11.3 Å². The second-order valence-electron chi connectivity index (χ2n) is 6.70. The summed E-state index contributed by atoms with van der Waals surface area (Å²) < 4.78 is 5.64. The Kier molecular flexibility index (Phi) is 3.49. The van der Waals surface area contributed by atoms with Gasteiger partial charge in [-0.3, -0.25) is 0 Å². The first-order chi connectivity index (χ1) is 11.1. The molecule has 122 valence electrons. The van der Waals surface area contributed by atoms with Gasteiger partial charge >= 0.3 is 12.1 Å². The number of fused-ring (bicyclic) bond motifs is 3. The van der Waals surface area contributed by atoms with E-state index >= 15 is 0 Å². The minimum absolute atomic E-state index is 0.0822. The van der Waals surface area contributed by atoms with E-state index in [1.165, 1.54) is 12.8 Å². The van der Waals surface area contributed by atoms with E-state index < -0.39 is 12.1 Å². The molecule has 2 saturated heterocycles. The molecule has 0 radical (unpaired) electrons. The highest BCUT2D eigenvalue weighted by Crippen LogP contribution is 2.36. The van der Waals surface area contributed by atoms with E-state index in [9.17, 15) is 9.59 Å². The number of anilines is 1. The number of carbonyl (C=O) groups excluding carboxylic acids is 2. The third-order valence-electron chi connectivity index (χ3n) is 5.38. The monoisotopic (exact) mass is 315 g/mol. The van der Waals surface area contributed by atoms with Crippen LogP contribution >= 0.6 is 0 Å². The van der Waals surface area contributed by atoms with Crippen LogP contribution in [0.1, 0.15) is 31.2 Å². The minimum Gasteiger partial charge on any atom is -0.446 e. The second kappa shape index (κ2) is 5.53. The smallest absolute Gasteiger partial charge is 0.418 e. The van der Waals surface area contributed by atoms with E-state index in [1.807, 2.05) is 24.3 Å². The van der Waals surface area contributed by atoms with Crippen molar-refractivity contribution in [2.24, 2.45) is 0 Å². The zero-order chi connectivity index (χ0) is 16.0. The van der Waals surface area contributed by atoms with Gasteiger partial charge in [0.05, 0.1) is 6.54 Å². The fraction of sp³-hybridized carbons (Fsp3) is 0.529. The summed E-state index contributed by atoms with van der Waals surface area (Å²) in [5.74, 6) is 0. The molecular weight excluding hydrogens is 294 g/mol. The molecule has 3 aliphatic rings. The van der Waals surface area contributed by atoms with Crippen molar-refractivity contribution in [2.45, 2.75) is 50.4 Å². The highest BCUT2D eigenvalue weighted by atomic mass is 16.6. The van der Waals surface area contributed by atoms with Gasteiger partial charge < -0.3 is 15.0 Å². The van der Waals surface area contributed by atoms with Gasteiger partial charge in [-0.05, 0) is 31.5 Å². The summed E-state index contributed by atoms with van der Waals surface area (Å²) in [6.07, 6.45) is 3.46. The number of imide groups is 1. The van der Waals surface area contributed by atoms with Crippen molar-refractivity contribution >= 4 is 17.8 Å². The van der Waals surface area contributed by atoms with E-state index in [1.54, 1.807) is 0 Å². The Morgan fingerprint density at radius 2 is 1.91 bits per heavy atom. The van der Waals surface area contributed by atoms with Crippen LogP contribution in [0, 0.1) is 0 Å². The number of rotatable bonds is 1. The van der Waals surface area contributed by atoms with E-state index in [0.717, 1.165) is 29.0 Å². The van der Waals surface area contributed by atoms with Crippen LogP contribution in [0.3, 0.4) is 0 Å². The molecule has 2 bridgehead atoms. The molecule has 6 nitrogen and oxygen atoms in total. The topological polar surface area (TPSA) is 61.9 Å². The Morgan fingerprint density at radius 1 is 1.22 bits per heavy atom. The molecule has 3 heterocycles. The summed E-state index contributed by atoms with van der Waals surface area (Å²) in [5.41, 5.74) is 1.69. The Labute approximate surface area is 135 Å². The van der Waals surface area contributed by atoms with Gasteiger partial charge in [0, 0.05) is 30.6 Å². The number of piperidine rings is 1. The standard InChI is InChI=1S/C17H21N3O3/c1-19-12-6-7-13(19)9-14(8-12)23-17(22)20-10-11-4-2-3-5-15(11)18-16(20)21/h2-5,12-14H,6-10H2,1H3,(H,18,21)/t12-,13-/m0/s1. The molecule has 0 spiro atoms. The average Bonchev–Trinajstić information content (AvgIpc) is 2.75. The van der Waals surface area contributed by atoms with Crippen LogP contribution in [0.15, 0.2) is 24.3 Å². The molecule has 6 heteroatoms. The van der Waals surface area contributed by atoms with Gasteiger partial charge in [0.15, 0.2) is 0 Å². The maximum absolute atomic E-state index is 12.4. The number of hydrogen-bond acceptors (Lipinski definition) is 4. The summed E-state index contributed by atoms with van der Waals surface area (Å²) in [7, 11) is 2.15. The third-order valence-corrected chi connectivity index (χ3v) is 5.38. The van der Waals surface area contributed by atoms with E-state index in [4.69, 9.17) is 4.74 Å². The van der Waals surface area contributed by atoms with Crippen LogP contribution < -0.4 is 5.32 Å². The van der Waals surface area contributed by atoms with Crippen molar-refractivity contribution in [3.8, 4) is 0 Å². The van der Waals surface area contributed by atoms with Gasteiger partial charge in [-0.2, -0.15) is 0 Å². The van der Waals surface area contributed by atoms with Gasteiger partial charge in [0.1, 0.15) is 6.10 Å². The van der Waals surface area contributed by atoms with Crippen molar-refractivity contribution in [3.63, 3.8) is 0 Å². The Hall–Kier alpha value is -2.08. The van der Waals surface area contributed by atoms with E-state index in [2.05, 4.69) is 17.3 Å². The normalized spacial score (nSPS) is 29.9. The Morgan fingerprint density at radius 3 is 2.65 bits per heavy atom. The fourth-order valence-electron chi connectivity index (χ4n) is 4.02. The Balaban J connectivity index is 1.43. The fourth-order valence-corrected chi connectivity index (χ4v) is 4.02. The Bertz CT molecular complexity index is 634. The lowest BCUT2D eigenvalue weighted by Gasteiger charge is -2.36. The number of para-hydroxylation sites is 1. The van der Waals surface area contributed by atoms with Crippen LogP contribution in [-0.4, -0.2) is 47.2 Å². The molecule has 0 aliphatic carbocycles. The number of amides is 3. The van der Waals surface area contributed by atoms with Crippen LogP contribution in [0.5, 0.6) is 0 Å². The predicted molar refractivity (Wildman–Crippen MR) is 85.1 cm³/mol. The van der Waals surface area contributed by atoms with Gasteiger partial charge in [0.25, 0.3) is 0 Å². The molecule has 0 unspecified atom stereocenters. The number of ether oxygens (including phenoxy) is 1. The number of hydrogen-bond donors (Lipinski definition) is 1. The highest BCUT2D eigenvalue weighted by molar-refractivity contribution is 6.01. The maximum Gasteiger partial charge on any atom is 0.418 e. The summed E-state index contributed by atoms with van der Waals surface area (Å²) >= 11 is 0. The van der Waals surface area contributed by atoms with Crippen LogP contribution in [0.4, 0.5) is 15.3 Å². The van der Waals surface area contributed by atoms with Gasteiger partial charge in [-0.25, -0.2) is 14.5 Å². The summed E-state index contributed by atoms with van der Waals surface area (Å²) in [6.45, 7) is 0.264. The molecular formula is C17H21N3O3. The van der Waals surface area contributed by atoms with Gasteiger partial charge in [0.2, 0.25) is 0 Å². The predicted octanol–water partition coefficient (Wildman–Crippen LogP) is 2.80. The molecule has 3 aliphatic heterocycles. The molecule has 23 heavy (non-hydrogen) atoms. The van der Waals surface area contributed by atoms with Crippen molar-refractivity contribution in [3.05, 3.63) is 29.8 Å². The lowest BCUT2D eigenvalue weighted by Crippen LogP contribution is -2.47. The molecule has 3 amide bonds. The SMILES string of the molecule is CN1[C@H]2CC[C@H]1CC(OC(=O)N1Cc3ccccc3NC1=O)C2. The van der Waals surface area contributed by atoms with Gasteiger partial charge in [-0.15, -0.1) is 0 Å². The minimum atomic E-state index is -0.536. The molecule has 0 aromatic heterocycles. The number of nitrogens with zero attached hydrogens (tertiary/aromatic N) is 2. The first kappa shape index (κ1) is 14.5. The van der Waals surface area contributed by atoms with Crippen LogP contribution in [0.25, 0.3) is 0 Å². The molecule has 1 N–H and O–H groups in total. The lowest BCUT2D eigenvalue weighted by atomic mass is 10.0. The largest absolute Gasteiger partial charge is 0.446 e. The molecule has 2 fully saturated rings. The highest BCUT2D eigenvalue weighted by Gasteiger charge is 2.41. The number of urea groups is 1. The summed E-state index contributed by atoms with van der Waals surface area (Å²) in [4.78, 5) is 28.1. The van der Waals surface area contributed by atoms with Crippen molar-refractivity contribution in [1.29, 1.82) is 0 Å². The molecule has 4 rings (SSSR count). The molecule has 1 aromatic carbocycles. The molecule has 1 aromatic rings. The first-order valence-corrected chi connectivity index (χ1v) is 8.21. The maximum atomic E-state index is 12.4. The zero-order valence-electron chi connectivity index (χ0n) is 13.2. The van der Waals surface area contributed by atoms with E-state index in [-0.39, 0.29) is 12.6 Å². The first-order valence-electron chi connectivity index (χ1n) is 8.21.